The molecule has 20 heavy (non-hydrogen) atoms. The van der Waals surface area contributed by atoms with Crippen molar-refractivity contribution in [3.63, 3.8) is 0 Å². The summed E-state index contributed by atoms with van der Waals surface area (Å²) in [6, 6.07) is 14.7. The lowest BCUT2D eigenvalue weighted by Gasteiger charge is -2.13. The number of carbonyl (C=O) groups is 1. The third kappa shape index (κ3) is 1.97. The first-order chi connectivity index (χ1) is 9.70. The monoisotopic (exact) mass is 265 g/mol. The van der Waals surface area contributed by atoms with Crippen molar-refractivity contribution in [2.24, 2.45) is 0 Å². The van der Waals surface area contributed by atoms with Gasteiger partial charge in [-0.15, -0.1) is 0 Å². The summed E-state index contributed by atoms with van der Waals surface area (Å²) in [5.74, 6) is 0.252. The van der Waals surface area contributed by atoms with Crippen molar-refractivity contribution in [1.82, 2.24) is 0 Å². The van der Waals surface area contributed by atoms with Crippen LogP contribution in [0, 0.1) is 0 Å². The Hall–Kier alpha value is -2.55. The molecule has 3 heteroatoms. The van der Waals surface area contributed by atoms with Gasteiger partial charge in [0.05, 0.1) is 5.69 Å². The van der Waals surface area contributed by atoms with Crippen molar-refractivity contribution < 1.29 is 9.90 Å². The molecule has 0 saturated heterocycles. The van der Waals surface area contributed by atoms with Crippen LogP contribution in [0.2, 0.25) is 0 Å². The molecule has 0 radical (unpaired) electrons. The summed E-state index contributed by atoms with van der Waals surface area (Å²) in [5.41, 5.74) is 3.53. The number of carbonyl (C=O) groups excluding carboxylic acids is 1. The van der Waals surface area contributed by atoms with E-state index in [-0.39, 0.29) is 11.7 Å². The normalized spacial score (nSPS) is 15.8. The summed E-state index contributed by atoms with van der Waals surface area (Å²) in [6.07, 6.45) is 1.87. The van der Waals surface area contributed by atoms with Crippen LogP contribution < -0.4 is 4.90 Å². The van der Waals surface area contributed by atoms with E-state index in [2.05, 4.69) is 0 Å². The molecule has 0 unspecified atom stereocenters. The number of nitrogens with zero attached hydrogens (tertiary/aromatic N) is 1. The van der Waals surface area contributed by atoms with Crippen molar-refractivity contribution in [3.05, 3.63) is 59.7 Å². The summed E-state index contributed by atoms with van der Waals surface area (Å²) in [6.45, 7) is 2.63. The SMILES string of the molecule is CCN1C(=O)/C(=C\c2ccc(O)cc2)c2ccccc21. The first-order valence-corrected chi connectivity index (χ1v) is 6.62. The Labute approximate surface area is 117 Å². The molecule has 0 aromatic heterocycles. The second-order valence-corrected chi connectivity index (χ2v) is 4.72. The van der Waals surface area contributed by atoms with Gasteiger partial charge in [-0.2, -0.15) is 0 Å². The van der Waals surface area contributed by atoms with Crippen LogP contribution in [0.3, 0.4) is 0 Å². The van der Waals surface area contributed by atoms with Crippen molar-refractivity contribution in [2.75, 3.05) is 11.4 Å². The Bertz CT molecular complexity index is 686. The molecule has 2 aromatic rings. The molecule has 0 saturated carbocycles. The largest absolute Gasteiger partial charge is 0.508 e. The third-order valence-electron chi connectivity index (χ3n) is 3.48. The molecule has 1 N–H and O–H groups in total. The molecule has 3 rings (SSSR count). The number of phenols is 1. The molecule has 1 aliphatic rings. The maximum Gasteiger partial charge on any atom is 0.258 e. The fourth-order valence-corrected chi connectivity index (χ4v) is 2.50. The number of fused-ring (bicyclic) bond motifs is 1. The Morgan fingerprint density at radius 1 is 1.10 bits per heavy atom. The van der Waals surface area contributed by atoms with Crippen LogP contribution >= 0.6 is 0 Å². The number of aromatic hydroxyl groups is 1. The minimum absolute atomic E-state index is 0.0294. The van der Waals surface area contributed by atoms with Crippen molar-refractivity contribution in [1.29, 1.82) is 0 Å². The molecule has 100 valence electrons. The zero-order chi connectivity index (χ0) is 14.1. The highest BCUT2D eigenvalue weighted by Gasteiger charge is 2.30. The van der Waals surface area contributed by atoms with Gasteiger partial charge in [0.25, 0.3) is 5.91 Å². The summed E-state index contributed by atoms with van der Waals surface area (Å²) < 4.78 is 0. The van der Waals surface area contributed by atoms with Gasteiger partial charge in [-0.05, 0) is 36.8 Å². The summed E-state index contributed by atoms with van der Waals surface area (Å²) >= 11 is 0. The predicted molar refractivity (Wildman–Crippen MR) is 80.4 cm³/mol. The number of amides is 1. The summed E-state index contributed by atoms with van der Waals surface area (Å²) in [5, 5.41) is 9.31. The zero-order valence-corrected chi connectivity index (χ0v) is 11.2. The van der Waals surface area contributed by atoms with Crippen molar-refractivity contribution >= 4 is 23.2 Å². The molecule has 1 amide bonds. The summed E-state index contributed by atoms with van der Waals surface area (Å²) in [4.78, 5) is 14.3. The molecule has 2 aromatic carbocycles. The van der Waals surface area contributed by atoms with Gasteiger partial charge in [0.15, 0.2) is 0 Å². The van der Waals surface area contributed by atoms with Gasteiger partial charge < -0.3 is 10.0 Å². The Morgan fingerprint density at radius 2 is 1.80 bits per heavy atom. The van der Waals surface area contributed by atoms with Gasteiger partial charge in [0.2, 0.25) is 0 Å². The van der Waals surface area contributed by atoms with Gasteiger partial charge in [0, 0.05) is 17.7 Å². The minimum atomic E-state index is 0.0294. The number of anilines is 1. The fraction of sp³-hybridized carbons (Fsp3) is 0.118. The highest BCUT2D eigenvalue weighted by molar-refractivity contribution is 6.35. The lowest BCUT2D eigenvalue weighted by atomic mass is 10.0. The lowest BCUT2D eigenvalue weighted by Crippen LogP contribution is -2.25. The Kier molecular flexibility index (Phi) is 3.03. The second kappa shape index (κ2) is 4.85. The first kappa shape index (κ1) is 12.5. The van der Waals surface area contributed by atoms with Crippen LogP contribution in [0.1, 0.15) is 18.1 Å². The third-order valence-corrected chi connectivity index (χ3v) is 3.48. The van der Waals surface area contributed by atoms with Gasteiger partial charge in [0.1, 0.15) is 5.75 Å². The van der Waals surface area contributed by atoms with Crippen LogP contribution in [0.15, 0.2) is 48.5 Å². The van der Waals surface area contributed by atoms with Gasteiger partial charge in [-0.1, -0.05) is 30.3 Å². The molecular weight excluding hydrogens is 250 g/mol. The number of likely N-dealkylation sites (N-methyl/N-ethyl adjacent to an activating group) is 1. The van der Waals surface area contributed by atoms with E-state index in [1.165, 1.54) is 0 Å². The average Bonchev–Trinajstić information content (AvgIpc) is 2.74. The highest BCUT2D eigenvalue weighted by Crippen LogP contribution is 2.37. The molecule has 0 atom stereocenters. The van der Waals surface area contributed by atoms with Crippen LogP contribution in [0.4, 0.5) is 5.69 Å². The van der Waals surface area contributed by atoms with Crippen LogP contribution in [-0.4, -0.2) is 17.6 Å². The molecule has 1 heterocycles. The number of benzene rings is 2. The fourth-order valence-electron chi connectivity index (χ4n) is 2.50. The van der Waals surface area contributed by atoms with Crippen molar-refractivity contribution in [2.45, 2.75) is 6.92 Å². The molecule has 0 spiro atoms. The van der Waals surface area contributed by atoms with Crippen molar-refractivity contribution in [3.8, 4) is 5.75 Å². The highest BCUT2D eigenvalue weighted by atomic mass is 16.3. The van der Waals surface area contributed by atoms with Crippen LogP contribution in [0.5, 0.6) is 5.75 Å². The summed E-state index contributed by atoms with van der Waals surface area (Å²) in [7, 11) is 0. The molecular formula is C17H15NO2. The molecule has 3 nitrogen and oxygen atoms in total. The average molecular weight is 265 g/mol. The molecule has 0 bridgehead atoms. The Balaban J connectivity index is 2.10. The van der Waals surface area contributed by atoms with Gasteiger partial charge in [-0.3, -0.25) is 4.79 Å². The first-order valence-electron chi connectivity index (χ1n) is 6.62. The van der Waals surface area contributed by atoms with E-state index < -0.39 is 0 Å². The van der Waals surface area contributed by atoms with E-state index in [0.29, 0.717) is 12.1 Å². The zero-order valence-electron chi connectivity index (χ0n) is 11.2. The minimum Gasteiger partial charge on any atom is -0.508 e. The maximum absolute atomic E-state index is 12.5. The maximum atomic E-state index is 12.5. The van der Waals surface area contributed by atoms with E-state index in [9.17, 15) is 9.90 Å². The number of rotatable bonds is 2. The molecule has 1 aliphatic heterocycles. The van der Waals surface area contributed by atoms with Crippen LogP contribution in [0.25, 0.3) is 11.6 Å². The topological polar surface area (TPSA) is 40.5 Å². The van der Waals surface area contributed by atoms with Gasteiger partial charge in [-0.25, -0.2) is 0 Å². The van der Waals surface area contributed by atoms with E-state index in [4.69, 9.17) is 0 Å². The smallest absolute Gasteiger partial charge is 0.258 e. The van der Waals surface area contributed by atoms with Gasteiger partial charge >= 0.3 is 0 Å². The number of phenolic OH excluding ortho intramolecular Hbond substituents is 1. The standard InChI is InChI=1S/C17H15NO2/c1-2-18-16-6-4-3-5-14(16)15(17(18)20)11-12-7-9-13(19)10-8-12/h3-11,19H,2H2,1H3/b15-11-. The van der Waals surface area contributed by atoms with E-state index in [0.717, 1.165) is 16.8 Å². The quantitative estimate of drug-likeness (QED) is 0.846. The lowest BCUT2D eigenvalue weighted by molar-refractivity contribution is -0.112. The van der Waals surface area contributed by atoms with E-state index in [1.807, 2.05) is 37.3 Å². The molecule has 0 fully saturated rings. The Morgan fingerprint density at radius 3 is 2.50 bits per heavy atom. The number of hydrogen-bond donors (Lipinski definition) is 1. The van der Waals surface area contributed by atoms with E-state index >= 15 is 0 Å². The van der Waals surface area contributed by atoms with E-state index in [1.54, 1.807) is 29.2 Å². The number of hydrogen-bond acceptors (Lipinski definition) is 2. The van der Waals surface area contributed by atoms with Crippen LogP contribution in [-0.2, 0) is 4.79 Å². The second-order valence-electron chi connectivity index (χ2n) is 4.72. The number of para-hydroxylation sites is 1. The molecule has 0 aliphatic carbocycles. The predicted octanol–water partition coefficient (Wildman–Crippen LogP) is 3.30.